The number of halogens is 1. The molecule has 0 aromatic carbocycles. The van der Waals surface area contributed by atoms with Crippen molar-refractivity contribution >= 4 is 0 Å². The lowest BCUT2D eigenvalue weighted by molar-refractivity contribution is 0.0527. The van der Waals surface area contributed by atoms with E-state index in [4.69, 9.17) is 0 Å². The molecule has 3 nitrogen and oxygen atoms in total. The summed E-state index contributed by atoms with van der Waals surface area (Å²) in [4.78, 5) is 3.66. The second-order valence-electron chi connectivity index (χ2n) is 4.28. The normalized spacial score (nSPS) is 19.9. The second-order valence-corrected chi connectivity index (χ2v) is 4.28. The number of rotatable bonds is 4. The van der Waals surface area contributed by atoms with Crippen molar-refractivity contribution in [3.05, 3.63) is 29.8 Å². The van der Waals surface area contributed by atoms with Gasteiger partial charge in [0.1, 0.15) is 11.4 Å². The Morgan fingerprint density at radius 3 is 3.00 bits per heavy atom. The highest BCUT2D eigenvalue weighted by molar-refractivity contribution is 5.20. The Hall–Kier alpha value is -1.00. The molecule has 2 rings (SSSR count). The number of nitrogens with zero attached hydrogens (tertiary/aromatic N) is 1. The maximum absolute atomic E-state index is 13.4. The molecule has 82 valence electrons. The molecule has 0 amide bonds. The fourth-order valence-corrected chi connectivity index (χ4v) is 1.54. The van der Waals surface area contributed by atoms with Gasteiger partial charge in [-0.3, -0.25) is 4.98 Å². The van der Waals surface area contributed by atoms with E-state index < -0.39 is 11.4 Å². The van der Waals surface area contributed by atoms with E-state index in [-0.39, 0.29) is 0 Å². The molecular formula is C11H15FN2O. The van der Waals surface area contributed by atoms with Crippen LogP contribution in [0.15, 0.2) is 18.5 Å². The topological polar surface area (TPSA) is 45.1 Å². The molecular weight excluding hydrogens is 195 g/mol. The van der Waals surface area contributed by atoms with Crippen LogP contribution in [0.3, 0.4) is 0 Å². The lowest BCUT2D eigenvalue weighted by atomic mass is 9.96. The summed E-state index contributed by atoms with van der Waals surface area (Å²) >= 11 is 0. The van der Waals surface area contributed by atoms with Gasteiger partial charge in [-0.2, -0.15) is 0 Å². The molecule has 15 heavy (non-hydrogen) atoms. The number of nitrogens with one attached hydrogen (secondary N) is 1. The summed E-state index contributed by atoms with van der Waals surface area (Å²) in [6.07, 6.45) is 4.91. The lowest BCUT2D eigenvalue weighted by Gasteiger charge is -2.24. The van der Waals surface area contributed by atoms with Gasteiger partial charge in [-0.05, 0) is 25.8 Å². The third kappa shape index (κ3) is 2.52. The van der Waals surface area contributed by atoms with E-state index in [1.54, 1.807) is 6.92 Å². The van der Waals surface area contributed by atoms with Crippen LogP contribution in [0.5, 0.6) is 0 Å². The summed E-state index contributed by atoms with van der Waals surface area (Å²) in [5, 5.41) is 13.3. The third-order valence-corrected chi connectivity index (χ3v) is 2.66. The van der Waals surface area contributed by atoms with Gasteiger partial charge in [0.25, 0.3) is 0 Å². The number of aromatic nitrogens is 1. The Kier molecular flexibility index (Phi) is 2.71. The molecule has 0 aliphatic heterocycles. The van der Waals surface area contributed by atoms with Gasteiger partial charge in [-0.25, -0.2) is 4.39 Å². The van der Waals surface area contributed by atoms with Crippen LogP contribution in [-0.2, 0) is 5.60 Å². The van der Waals surface area contributed by atoms with E-state index in [9.17, 15) is 9.50 Å². The number of hydrogen-bond acceptors (Lipinski definition) is 3. The zero-order chi connectivity index (χ0) is 10.9. The largest absolute Gasteiger partial charge is 0.384 e. The molecule has 4 heteroatoms. The summed E-state index contributed by atoms with van der Waals surface area (Å²) < 4.78 is 13.4. The molecule has 1 atom stereocenters. The summed E-state index contributed by atoms with van der Waals surface area (Å²) in [7, 11) is 0. The molecule has 1 aliphatic rings. The standard InChI is InChI=1S/C11H15FN2O/c1-11(15,7-14-8-2-3-8)9-4-5-13-6-10(9)12/h4-6,8,14-15H,2-3,7H2,1H3. The van der Waals surface area contributed by atoms with Crippen molar-refractivity contribution in [3.63, 3.8) is 0 Å². The fraction of sp³-hybridized carbons (Fsp3) is 0.545. The van der Waals surface area contributed by atoms with Crippen molar-refractivity contribution < 1.29 is 9.50 Å². The van der Waals surface area contributed by atoms with Crippen LogP contribution in [0.25, 0.3) is 0 Å². The van der Waals surface area contributed by atoms with Gasteiger partial charge in [-0.15, -0.1) is 0 Å². The van der Waals surface area contributed by atoms with Crippen LogP contribution in [0.2, 0.25) is 0 Å². The van der Waals surface area contributed by atoms with Gasteiger partial charge < -0.3 is 10.4 Å². The first-order chi connectivity index (χ1) is 7.09. The highest BCUT2D eigenvalue weighted by atomic mass is 19.1. The molecule has 1 unspecified atom stereocenters. The van der Waals surface area contributed by atoms with Crippen molar-refractivity contribution in [1.82, 2.24) is 10.3 Å². The molecule has 0 bridgehead atoms. The van der Waals surface area contributed by atoms with Crippen LogP contribution in [0.1, 0.15) is 25.3 Å². The fourth-order valence-electron chi connectivity index (χ4n) is 1.54. The van der Waals surface area contributed by atoms with Crippen molar-refractivity contribution in [1.29, 1.82) is 0 Å². The molecule has 1 saturated carbocycles. The first kappa shape index (κ1) is 10.5. The monoisotopic (exact) mass is 210 g/mol. The van der Waals surface area contributed by atoms with Gasteiger partial charge in [0.2, 0.25) is 0 Å². The molecule has 2 N–H and O–H groups in total. The molecule has 0 radical (unpaired) electrons. The predicted octanol–water partition coefficient (Wildman–Crippen LogP) is 1.18. The van der Waals surface area contributed by atoms with E-state index in [0.717, 1.165) is 19.0 Å². The van der Waals surface area contributed by atoms with Crippen molar-refractivity contribution in [2.75, 3.05) is 6.54 Å². The smallest absolute Gasteiger partial charge is 0.147 e. The first-order valence-electron chi connectivity index (χ1n) is 5.15. The molecule has 1 aromatic rings. The minimum Gasteiger partial charge on any atom is -0.384 e. The molecule has 1 aliphatic carbocycles. The summed E-state index contributed by atoms with van der Waals surface area (Å²) in [5.41, 5.74) is -0.874. The van der Waals surface area contributed by atoms with E-state index in [1.807, 2.05) is 0 Å². The SMILES string of the molecule is CC(O)(CNC1CC1)c1ccncc1F. The highest BCUT2D eigenvalue weighted by Crippen LogP contribution is 2.24. The summed E-state index contributed by atoms with van der Waals surface area (Å²) in [6.45, 7) is 1.99. The number of pyridine rings is 1. The van der Waals surface area contributed by atoms with Gasteiger partial charge >= 0.3 is 0 Å². The van der Waals surface area contributed by atoms with E-state index >= 15 is 0 Å². The van der Waals surface area contributed by atoms with E-state index in [0.29, 0.717) is 18.2 Å². The highest BCUT2D eigenvalue weighted by Gasteiger charge is 2.29. The van der Waals surface area contributed by atoms with Crippen molar-refractivity contribution in [2.45, 2.75) is 31.4 Å². The minimum atomic E-state index is -1.17. The third-order valence-electron chi connectivity index (χ3n) is 2.66. The van der Waals surface area contributed by atoms with Crippen molar-refractivity contribution in [3.8, 4) is 0 Å². The van der Waals surface area contributed by atoms with Crippen LogP contribution in [-0.4, -0.2) is 22.7 Å². The van der Waals surface area contributed by atoms with Crippen LogP contribution < -0.4 is 5.32 Å². The van der Waals surface area contributed by atoms with Gasteiger partial charge in [0.15, 0.2) is 0 Å². The summed E-state index contributed by atoms with van der Waals surface area (Å²) in [6, 6.07) is 2.02. The first-order valence-corrected chi connectivity index (χ1v) is 5.15. The predicted molar refractivity (Wildman–Crippen MR) is 54.8 cm³/mol. The quantitative estimate of drug-likeness (QED) is 0.784. The van der Waals surface area contributed by atoms with E-state index in [2.05, 4.69) is 10.3 Å². The minimum absolute atomic E-state index is 0.297. The number of hydrogen-bond donors (Lipinski definition) is 2. The van der Waals surface area contributed by atoms with Gasteiger partial charge in [-0.1, -0.05) is 0 Å². The lowest BCUT2D eigenvalue weighted by Crippen LogP contribution is -2.37. The maximum atomic E-state index is 13.4. The average Bonchev–Trinajstić information content (AvgIpc) is 2.99. The zero-order valence-electron chi connectivity index (χ0n) is 8.70. The van der Waals surface area contributed by atoms with Crippen molar-refractivity contribution in [2.24, 2.45) is 0 Å². The van der Waals surface area contributed by atoms with Crippen LogP contribution in [0.4, 0.5) is 4.39 Å². The van der Waals surface area contributed by atoms with Gasteiger partial charge in [0.05, 0.1) is 6.20 Å². The van der Waals surface area contributed by atoms with E-state index in [1.165, 1.54) is 12.3 Å². The molecule has 0 saturated heterocycles. The zero-order valence-corrected chi connectivity index (χ0v) is 8.70. The molecule has 1 fully saturated rings. The number of aliphatic hydroxyl groups is 1. The Morgan fingerprint density at radius 2 is 2.40 bits per heavy atom. The Balaban J connectivity index is 2.08. The summed E-state index contributed by atoms with van der Waals surface area (Å²) in [5.74, 6) is -0.458. The molecule has 1 heterocycles. The Bertz CT molecular complexity index is 350. The Morgan fingerprint density at radius 1 is 1.67 bits per heavy atom. The van der Waals surface area contributed by atoms with Gasteiger partial charge in [0, 0.05) is 24.3 Å². The molecule has 1 aromatic heterocycles. The second kappa shape index (κ2) is 3.87. The van der Waals surface area contributed by atoms with Crippen LogP contribution in [0, 0.1) is 5.82 Å². The maximum Gasteiger partial charge on any atom is 0.147 e. The van der Waals surface area contributed by atoms with Crippen LogP contribution >= 0.6 is 0 Å². The Labute approximate surface area is 88.3 Å². The average molecular weight is 210 g/mol. The molecule has 0 spiro atoms.